The van der Waals surface area contributed by atoms with Gasteiger partial charge in [0.2, 0.25) is 5.69 Å². The molecule has 2 heterocycles. The zero-order chi connectivity index (χ0) is 37.0. The van der Waals surface area contributed by atoms with Gasteiger partial charge in [0.05, 0.1) is 27.8 Å². The fourth-order valence-corrected chi connectivity index (χ4v) is 8.78. The van der Waals surface area contributed by atoms with Gasteiger partial charge in [-0.2, -0.15) is 13.0 Å². The van der Waals surface area contributed by atoms with Crippen LogP contribution in [0.15, 0.2) is 95.4 Å². The number of terminal acetylenes is 1. The molecule has 0 saturated heterocycles. The second-order valence-electron chi connectivity index (χ2n) is 14.5. The fraction of sp³-hybridized carbons (Fsp3) is 0.425. The average molecular weight is 732 g/mol. The molecule has 2 aromatic rings. The predicted molar refractivity (Wildman–Crippen MR) is 204 cm³/mol. The van der Waals surface area contributed by atoms with Gasteiger partial charge in [-0.25, -0.2) is 8.42 Å². The molecular formula is C40H49N3O6S2. The van der Waals surface area contributed by atoms with Crippen molar-refractivity contribution in [1.29, 1.82) is 0 Å². The first kappa shape index (κ1) is 38.3. The summed E-state index contributed by atoms with van der Waals surface area (Å²) in [5.41, 5.74) is 9.54. The normalized spacial score (nSPS) is 19.7. The highest BCUT2D eigenvalue weighted by molar-refractivity contribution is 7.85. The van der Waals surface area contributed by atoms with E-state index in [-0.39, 0.29) is 22.3 Å². The monoisotopic (exact) mass is 731 g/mol. The maximum absolute atomic E-state index is 11.3. The molecule has 1 aliphatic carbocycles. The number of nitrogens with one attached hydrogen (secondary N) is 1. The number of allylic oxidation sites excluding steroid dienone is 7. The van der Waals surface area contributed by atoms with E-state index >= 15 is 0 Å². The van der Waals surface area contributed by atoms with Crippen molar-refractivity contribution in [1.82, 2.24) is 5.32 Å². The van der Waals surface area contributed by atoms with Crippen LogP contribution >= 0.6 is 0 Å². The minimum Gasteiger partial charge on any atom is -0.748 e. The molecule has 0 atom stereocenters. The van der Waals surface area contributed by atoms with Crippen molar-refractivity contribution < 1.29 is 30.5 Å². The summed E-state index contributed by atoms with van der Waals surface area (Å²) in [7, 11) is -8.27. The Morgan fingerprint density at radius 2 is 1.59 bits per heavy atom. The lowest BCUT2D eigenvalue weighted by Gasteiger charge is -2.27. The van der Waals surface area contributed by atoms with E-state index in [1.54, 1.807) is 0 Å². The number of hydrogen-bond acceptors (Lipinski definition) is 7. The maximum Gasteiger partial charge on any atom is 0.264 e. The van der Waals surface area contributed by atoms with Gasteiger partial charge >= 0.3 is 0 Å². The summed E-state index contributed by atoms with van der Waals surface area (Å²) in [6, 6.07) is 16.6. The molecule has 0 amide bonds. The summed E-state index contributed by atoms with van der Waals surface area (Å²) in [6.07, 6.45) is 17.9. The van der Waals surface area contributed by atoms with Crippen LogP contribution in [0.1, 0.15) is 77.3 Å². The zero-order valence-corrected chi connectivity index (χ0v) is 31.6. The number of fused-ring (bicyclic) bond motifs is 2. The van der Waals surface area contributed by atoms with E-state index in [2.05, 4.69) is 97.0 Å². The van der Waals surface area contributed by atoms with Crippen molar-refractivity contribution in [3.63, 3.8) is 0 Å². The van der Waals surface area contributed by atoms with E-state index in [1.165, 1.54) is 11.1 Å². The molecule has 51 heavy (non-hydrogen) atoms. The zero-order valence-electron chi connectivity index (χ0n) is 30.0. The number of hydrogen-bond donors (Lipinski definition) is 2. The standard InChI is InChI=1S/C40H49N3O6S2/c1-6-25-41-38-30(21-23-36-39(2,3)32-15-7-9-17-34(32)42(36)26-11-13-28-50(44,45)46)19-20-31(38)22-24-37-40(4,5)33-16-8-10-18-35(33)43(37)27-12-14-29-51(47,48)49/h1,7-10,15-18,21-24H,11-14,19-20,25-29H2,2-5H3,(H2,44,45,46,47,48,49)/b30-21+,36-23+. The highest BCUT2D eigenvalue weighted by Gasteiger charge is 2.44. The van der Waals surface area contributed by atoms with Gasteiger partial charge in [-0.1, -0.05) is 68.3 Å². The summed E-state index contributed by atoms with van der Waals surface area (Å²) in [5.74, 6) is 2.09. The van der Waals surface area contributed by atoms with Gasteiger partial charge < -0.3 is 14.8 Å². The summed E-state index contributed by atoms with van der Waals surface area (Å²) >= 11 is 0. The number of anilines is 1. The van der Waals surface area contributed by atoms with Crippen molar-refractivity contribution in [2.75, 3.05) is 36.0 Å². The average Bonchev–Trinajstić information content (AvgIpc) is 3.62. The van der Waals surface area contributed by atoms with Gasteiger partial charge in [-0.15, -0.1) is 6.42 Å². The molecule has 5 rings (SSSR count). The van der Waals surface area contributed by atoms with E-state index < -0.39 is 20.2 Å². The lowest BCUT2D eigenvalue weighted by atomic mass is 9.81. The summed E-state index contributed by atoms with van der Waals surface area (Å²) in [5, 5.41) is 3.48. The van der Waals surface area contributed by atoms with Crippen LogP contribution in [0.5, 0.6) is 0 Å². The Balaban J connectivity index is 1.48. The van der Waals surface area contributed by atoms with Crippen LogP contribution in [0, 0.1) is 12.3 Å². The lowest BCUT2D eigenvalue weighted by molar-refractivity contribution is -0.438. The van der Waals surface area contributed by atoms with Crippen molar-refractivity contribution in [3.05, 3.63) is 107 Å². The Labute approximate surface area is 304 Å². The van der Waals surface area contributed by atoms with Crippen LogP contribution < -0.4 is 10.2 Å². The van der Waals surface area contributed by atoms with Gasteiger partial charge in [-0.3, -0.25) is 4.55 Å². The number of para-hydroxylation sites is 2. The van der Waals surface area contributed by atoms with Crippen LogP contribution in [0.25, 0.3) is 0 Å². The van der Waals surface area contributed by atoms with Crippen LogP contribution in [-0.2, 0) is 31.1 Å². The third kappa shape index (κ3) is 8.75. The van der Waals surface area contributed by atoms with E-state index in [9.17, 15) is 25.9 Å². The maximum atomic E-state index is 11.3. The third-order valence-electron chi connectivity index (χ3n) is 10.2. The fourth-order valence-electron chi connectivity index (χ4n) is 7.65. The first-order chi connectivity index (χ1) is 24.0. The molecular weight excluding hydrogens is 683 g/mol. The first-order valence-corrected chi connectivity index (χ1v) is 20.7. The Bertz CT molecular complexity index is 2080. The van der Waals surface area contributed by atoms with E-state index in [0.29, 0.717) is 45.3 Å². The second kappa shape index (κ2) is 15.3. The Morgan fingerprint density at radius 1 is 0.902 bits per heavy atom. The quantitative estimate of drug-likeness (QED) is 0.0921. The highest BCUT2D eigenvalue weighted by Crippen LogP contribution is 2.48. The smallest absolute Gasteiger partial charge is 0.264 e. The van der Waals surface area contributed by atoms with E-state index in [1.807, 2.05) is 24.3 Å². The Hall–Kier alpha value is -3.95. The number of benzene rings is 2. The molecule has 0 saturated carbocycles. The molecule has 0 unspecified atom stereocenters. The molecule has 3 aliphatic rings. The summed E-state index contributed by atoms with van der Waals surface area (Å²) in [6.45, 7) is 10.4. The van der Waals surface area contributed by atoms with Gasteiger partial charge in [-0.05, 0) is 74.8 Å². The number of rotatable bonds is 15. The molecule has 11 heteroatoms. The van der Waals surface area contributed by atoms with Crippen molar-refractivity contribution in [3.8, 4) is 12.3 Å². The molecule has 0 aromatic heterocycles. The highest BCUT2D eigenvalue weighted by atomic mass is 32.2. The molecule has 2 N–H and O–H groups in total. The Kier molecular flexibility index (Phi) is 11.5. The minimum atomic E-state index is -4.26. The van der Waals surface area contributed by atoms with E-state index in [4.69, 9.17) is 6.42 Å². The minimum absolute atomic E-state index is 0.258. The molecule has 2 aliphatic heterocycles. The van der Waals surface area contributed by atoms with Crippen molar-refractivity contribution in [2.24, 2.45) is 0 Å². The molecule has 0 radical (unpaired) electrons. The molecule has 0 fully saturated rings. The number of nitrogens with zero attached hydrogens (tertiary/aromatic N) is 2. The molecule has 0 spiro atoms. The van der Waals surface area contributed by atoms with Crippen molar-refractivity contribution >= 4 is 37.3 Å². The predicted octanol–water partition coefficient (Wildman–Crippen LogP) is 6.49. The molecule has 9 nitrogen and oxygen atoms in total. The molecule has 2 aromatic carbocycles. The summed E-state index contributed by atoms with van der Waals surface area (Å²) < 4.78 is 67.9. The Morgan fingerprint density at radius 3 is 2.29 bits per heavy atom. The van der Waals surface area contributed by atoms with Crippen LogP contribution in [0.3, 0.4) is 0 Å². The summed E-state index contributed by atoms with van der Waals surface area (Å²) in [4.78, 5) is 2.25. The van der Waals surface area contributed by atoms with Gasteiger partial charge in [0.25, 0.3) is 10.1 Å². The second-order valence-corrected chi connectivity index (χ2v) is 17.6. The largest absolute Gasteiger partial charge is 0.748 e. The SMILES string of the molecule is C#CCNC1=C(/C=C/C2=[N+](CCCCS(=O)(=O)O)c3ccccc3C2(C)C)CC/C1=C\C=C1\N(CCCCS(=O)(=O)[O-])c2ccccc2C1(C)C. The third-order valence-corrected chi connectivity index (χ3v) is 11.8. The van der Waals surface area contributed by atoms with Crippen LogP contribution in [0.2, 0.25) is 0 Å². The topological polar surface area (TPSA) is 130 Å². The van der Waals surface area contributed by atoms with Gasteiger partial charge in [0, 0.05) is 58.9 Å². The molecule has 272 valence electrons. The van der Waals surface area contributed by atoms with Crippen molar-refractivity contribution in [2.45, 2.75) is 77.0 Å². The van der Waals surface area contributed by atoms with Gasteiger partial charge in [0.15, 0.2) is 5.71 Å². The lowest BCUT2D eigenvalue weighted by Crippen LogP contribution is -2.28. The van der Waals surface area contributed by atoms with Crippen LogP contribution in [0.4, 0.5) is 11.4 Å². The van der Waals surface area contributed by atoms with Crippen LogP contribution in [-0.4, -0.2) is 67.4 Å². The van der Waals surface area contributed by atoms with Gasteiger partial charge in [0.1, 0.15) is 6.54 Å². The number of unbranched alkanes of at least 4 members (excludes halogenated alkanes) is 2. The van der Waals surface area contributed by atoms with E-state index in [0.717, 1.165) is 52.5 Å². The first-order valence-electron chi connectivity index (χ1n) is 17.5. The molecule has 0 bridgehead atoms.